The van der Waals surface area contributed by atoms with Gasteiger partial charge in [-0.3, -0.25) is 0 Å². The molecular weight excluding hydrogens is 404 g/mol. The van der Waals surface area contributed by atoms with Crippen LogP contribution in [-0.4, -0.2) is 14.8 Å². The molecular formula is C15H10ClFIN3. The predicted octanol–water partition coefficient (Wildman–Crippen LogP) is 4.39. The highest BCUT2D eigenvalue weighted by molar-refractivity contribution is 14.1. The van der Waals surface area contributed by atoms with Gasteiger partial charge in [0.25, 0.3) is 0 Å². The third-order valence-corrected chi connectivity index (χ3v) is 4.07. The molecule has 0 amide bonds. The number of nitrogens with zero attached hydrogens (tertiary/aromatic N) is 3. The minimum Gasteiger partial charge on any atom is -0.248 e. The Balaban J connectivity index is 1.85. The lowest BCUT2D eigenvalue weighted by Crippen LogP contribution is -2.01. The summed E-state index contributed by atoms with van der Waals surface area (Å²) in [6.45, 7) is 0.383. The van der Waals surface area contributed by atoms with Crippen LogP contribution in [0.3, 0.4) is 0 Å². The van der Waals surface area contributed by atoms with Crippen LogP contribution in [0.4, 0.5) is 4.39 Å². The Morgan fingerprint density at radius 3 is 2.67 bits per heavy atom. The molecule has 1 heterocycles. The topological polar surface area (TPSA) is 30.7 Å². The first kappa shape index (κ1) is 14.5. The molecule has 0 bridgehead atoms. The summed E-state index contributed by atoms with van der Waals surface area (Å²) in [7, 11) is 0. The number of benzene rings is 2. The first-order chi connectivity index (χ1) is 10.1. The summed E-state index contributed by atoms with van der Waals surface area (Å²) in [5, 5.41) is 4.91. The highest BCUT2D eigenvalue weighted by atomic mass is 127. The largest absolute Gasteiger partial charge is 0.248 e. The predicted molar refractivity (Wildman–Crippen MR) is 88.7 cm³/mol. The van der Waals surface area contributed by atoms with E-state index < -0.39 is 0 Å². The van der Waals surface area contributed by atoms with E-state index in [4.69, 9.17) is 11.6 Å². The third kappa shape index (κ3) is 3.41. The Bertz CT molecular complexity index is 771. The summed E-state index contributed by atoms with van der Waals surface area (Å²) in [4.78, 5) is 4.28. The van der Waals surface area contributed by atoms with Gasteiger partial charge in [-0.05, 0) is 58.5 Å². The van der Waals surface area contributed by atoms with Crippen molar-refractivity contribution in [2.45, 2.75) is 6.54 Å². The Hall–Kier alpha value is -1.47. The molecule has 0 atom stereocenters. The molecule has 0 spiro atoms. The zero-order valence-corrected chi connectivity index (χ0v) is 13.7. The quantitative estimate of drug-likeness (QED) is 0.596. The van der Waals surface area contributed by atoms with Gasteiger partial charge in [0.15, 0.2) is 5.82 Å². The van der Waals surface area contributed by atoms with E-state index in [1.165, 1.54) is 12.1 Å². The third-order valence-electron chi connectivity index (χ3n) is 2.98. The van der Waals surface area contributed by atoms with Crippen molar-refractivity contribution < 1.29 is 4.39 Å². The van der Waals surface area contributed by atoms with Gasteiger partial charge >= 0.3 is 0 Å². The van der Waals surface area contributed by atoms with Crippen LogP contribution < -0.4 is 0 Å². The van der Waals surface area contributed by atoms with Gasteiger partial charge in [0.2, 0.25) is 0 Å². The maximum atomic E-state index is 13.3. The Labute approximate surface area is 139 Å². The molecule has 3 nitrogen and oxygen atoms in total. The SMILES string of the molecule is Fc1ccc(Cl)c(Cn2cnc(-c3ccc(I)cc3)n2)c1. The molecule has 1 aromatic heterocycles. The van der Waals surface area contributed by atoms with Crippen molar-refractivity contribution in [1.82, 2.24) is 14.8 Å². The van der Waals surface area contributed by atoms with E-state index >= 15 is 0 Å². The number of hydrogen-bond donors (Lipinski definition) is 0. The van der Waals surface area contributed by atoms with Gasteiger partial charge in [-0.2, -0.15) is 5.10 Å². The second kappa shape index (κ2) is 6.11. The lowest BCUT2D eigenvalue weighted by molar-refractivity contribution is 0.619. The maximum Gasteiger partial charge on any atom is 0.181 e. The first-order valence-electron chi connectivity index (χ1n) is 6.21. The summed E-state index contributed by atoms with van der Waals surface area (Å²) >= 11 is 8.30. The van der Waals surface area contributed by atoms with Crippen molar-refractivity contribution in [2.24, 2.45) is 0 Å². The molecule has 3 aromatic rings. The van der Waals surface area contributed by atoms with Gasteiger partial charge in [0.1, 0.15) is 12.1 Å². The Morgan fingerprint density at radius 2 is 1.90 bits per heavy atom. The second-order valence-electron chi connectivity index (χ2n) is 4.51. The summed E-state index contributed by atoms with van der Waals surface area (Å²) in [6.07, 6.45) is 1.62. The fourth-order valence-corrected chi connectivity index (χ4v) is 2.48. The lowest BCUT2D eigenvalue weighted by atomic mass is 10.2. The Morgan fingerprint density at radius 1 is 1.14 bits per heavy atom. The van der Waals surface area contributed by atoms with E-state index in [1.54, 1.807) is 17.1 Å². The molecule has 0 N–H and O–H groups in total. The van der Waals surface area contributed by atoms with Crippen molar-refractivity contribution in [1.29, 1.82) is 0 Å². The molecule has 2 aromatic carbocycles. The average Bonchev–Trinajstić information content (AvgIpc) is 2.92. The first-order valence-corrected chi connectivity index (χ1v) is 7.67. The van der Waals surface area contributed by atoms with Crippen LogP contribution in [0.15, 0.2) is 48.8 Å². The van der Waals surface area contributed by atoms with E-state index in [1.807, 2.05) is 24.3 Å². The van der Waals surface area contributed by atoms with E-state index in [0.29, 0.717) is 23.0 Å². The lowest BCUT2D eigenvalue weighted by Gasteiger charge is -2.04. The fraction of sp³-hybridized carbons (Fsp3) is 0.0667. The highest BCUT2D eigenvalue weighted by Gasteiger charge is 2.07. The van der Waals surface area contributed by atoms with Gasteiger partial charge in [-0.25, -0.2) is 14.1 Å². The average molecular weight is 414 g/mol. The van der Waals surface area contributed by atoms with Crippen LogP contribution in [0.25, 0.3) is 11.4 Å². The summed E-state index contributed by atoms with van der Waals surface area (Å²) < 4.78 is 16.1. The van der Waals surface area contributed by atoms with E-state index in [0.717, 1.165) is 9.13 Å². The molecule has 6 heteroatoms. The highest BCUT2D eigenvalue weighted by Crippen LogP contribution is 2.19. The summed E-state index contributed by atoms with van der Waals surface area (Å²) in [5.41, 5.74) is 1.62. The van der Waals surface area contributed by atoms with Crippen molar-refractivity contribution in [3.8, 4) is 11.4 Å². The monoisotopic (exact) mass is 413 g/mol. The van der Waals surface area contributed by atoms with Crippen molar-refractivity contribution in [3.05, 3.63) is 68.8 Å². The van der Waals surface area contributed by atoms with Crippen LogP contribution in [-0.2, 0) is 6.54 Å². The molecule has 106 valence electrons. The zero-order chi connectivity index (χ0) is 14.8. The summed E-state index contributed by atoms with van der Waals surface area (Å²) in [6, 6.07) is 12.2. The summed E-state index contributed by atoms with van der Waals surface area (Å²) in [5.74, 6) is 0.325. The molecule has 21 heavy (non-hydrogen) atoms. The van der Waals surface area contributed by atoms with Gasteiger partial charge in [-0.1, -0.05) is 23.7 Å². The maximum absolute atomic E-state index is 13.3. The van der Waals surface area contributed by atoms with Crippen molar-refractivity contribution in [2.75, 3.05) is 0 Å². The van der Waals surface area contributed by atoms with Crippen LogP contribution >= 0.6 is 34.2 Å². The van der Waals surface area contributed by atoms with Crippen LogP contribution in [0, 0.1) is 9.39 Å². The number of hydrogen-bond acceptors (Lipinski definition) is 2. The molecule has 0 aliphatic carbocycles. The molecule has 0 unspecified atom stereocenters. The smallest absolute Gasteiger partial charge is 0.181 e. The number of halogens is 3. The van der Waals surface area contributed by atoms with Crippen molar-refractivity contribution >= 4 is 34.2 Å². The molecule has 0 radical (unpaired) electrons. The molecule has 0 fully saturated rings. The van der Waals surface area contributed by atoms with E-state index in [2.05, 4.69) is 32.7 Å². The standard InChI is InChI=1S/C15H10ClFIN3/c16-14-6-3-12(17)7-11(14)8-21-9-19-15(20-21)10-1-4-13(18)5-2-10/h1-7,9H,8H2. The minimum absolute atomic E-state index is 0.313. The Kier molecular flexibility index (Phi) is 4.21. The second-order valence-corrected chi connectivity index (χ2v) is 6.16. The van der Waals surface area contributed by atoms with E-state index in [-0.39, 0.29) is 5.82 Å². The number of rotatable bonds is 3. The van der Waals surface area contributed by atoms with Gasteiger partial charge in [0.05, 0.1) is 6.54 Å². The van der Waals surface area contributed by atoms with Gasteiger partial charge in [0, 0.05) is 14.2 Å². The minimum atomic E-state index is -0.313. The van der Waals surface area contributed by atoms with Crippen LogP contribution in [0.2, 0.25) is 5.02 Å². The van der Waals surface area contributed by atoms with Crippen LogP contribution in [0.5, 0.6) is 0 Å². The van der Waals surface area contributed by atoms with Gasteiger partial charge in [-0.15, -0.1) is 0 Å². The fourth-order valence-electron chi connectivity index (χ4n) is 1.94. The molecule has 0 saturated heterocycles. The van der Waals surface area contributed by atoms with Gasteiger partial charge < -0.3 is 0 Å². The molecule has 0 aliphatic rings. The molecule has 0 saturated carbocycles. The number of aromatic nitrogens is 3. The van der Waals surface area contributed by atoms with E-state index in [9.17, 15) is 4.39 Å². The molecule has 3 rings (SSSR count). The normalized spacial score (nSPS) is 10.8. The molecule has 0 aliphatic heterocycles. The van der Waals surface area contributed by atoms with Crippen LogP contribution in [0.1, 0.15) is 5.56 Å². The van der Waals surface area contributed by atoms with Crippen molar-refractivity contribution in [3.63, 3.8) is 0 Å². The zero-order valence-electron chi connectivity index (χ0n) is 10.8.